The SMILES string of the molecule is Nc1ncnc2c1c(C(=O)c1cccc(NC(=O)Nc3ccccc3Cl)c1)cn2C1CCC1. The van der Waals surface area contributed by atoms with Gasteiger partial charge >= 0.3 is 6.03 Å². The normalized spacial score (nSPS) is 13.5. The smallest absolute Gasteiger partial charge is 0.323 e. The molecule has 0 radical (unpaired) electrons. The van der Waals surface area contributed by atoms with E-state index in [2.05, 4.69) is 20.6 Å². The van der Waals surface area contributed by atoms with Crippen LogP contribution in [0.2, 0.25) is 5.02 Å². The van der Waals surface area contributed by atoms with Crippen LogP contribution < -0.4 is 16.4 Å². The second kappa shape index (κ2) is 8.55. The van der Waals surface area contributed by atoms with Crippen molar-refractivity contribution in [3.63, 3.8) is 0 Å². The Bertz CT molecular complexity index is 1380. The number of fused-ring (bicyclic) bond motifs is 1. The minimum absolute atomic E-state index is 0.213. The van der Waals surface area contributed by atoms with Crippen LogP contribution in [0, 0.1) is 0 Å². The molecule has 0 bridgehead atoms. The monoisotopic (exact) mass is 460 g/mol. The zero-order chi connectivity index (χ0) is 22.9. The molecular weight excluding hydrogens is 440 g/mol. The molecule has 1 aliphatic rings. The molecule has 33 heavy (non-hydrogen) atoms. The summed E-state index contributed by atoms with van der Waals surface area (Å²) >= 11 is 6.10. The lowest BCUT2D eigenvalue weighted by molar-refractivity contribution is 0.104. The number of aromatic nitrogens is 3. The van der Waals surface area contributed by atoms with Crippen molar-refractivity contribution in [2.75, 3.05) is 16.4 Å². The van der Waals surface area contributed by atoms with Crippen LogP contribution in [-0.2, 0) is 0 Å². The fraction of sp³-hybridized carbons (Fsp3) is 0.167. The molecule has 1 saturated carbocycles. The minimum atomic E-state index is -0.466. The van der Waals surface area contributed by atoms with Crippen molar-refractivity contribution in [3.8, 4) is 0 Å². The number of nitrogens with one attached hydrogen (secondary N) is 2. The van der Waals surface area contributed by atoms with E-state index in [0.717, 1.165) is 19.3 Å². The number of para-hydroxylation sites is 1. The number of amides is 2. The Morgan fingerprint density at radius 1 is 1.06 bits per heavy atom. The van der Waals surface area contributed by atoms with Gasteiger partial charge in [-0.25, -0.2) is 14.8 Å². The number of hydrogen-bond donors (Lipinski definition) is 3. The van der Waals surface area contributed by atoms with Crippen molar-refractivity contribution in [2.24, 2.45) is 0 Å². The molecule has 2 aromatic heterocycles. The molecule has 9 heteroatoms. The van der Waals surface area contributed by atoms with E-state index in [1.54, 1.807) is 48.5 Å². The first kappa shape index (κ1) is 21.0. The first-order valence-electron chi connectivity index (χ1n) is 10.6. The Balaban J connectivity index is 1.42. The average molecular weight is 461 g/mol. The highest BCUT2D eigenvalue weighted by Gasteiger charge is 2.26. The first-order chi connectivity index (χ1) is 16.0. The number of nitrogen functional groups attached to an aromatic ring is 1. The quantitative estimate of drug-likeness (QED) is 0.351. The van der Waals surface area contributed by atoms with Crippen molar-refractivity contribution in [2.45, 2.75) is 25.3 Å². The Morgan fingerprint density at radius 2 is 1.88 bits per heavy atom. The highest BCUT2D eigenvalue weighted by atomic mass is 35.5. The largest absolute Gasteiger partial charge is 0.383 e. The van der Waals surface area contributed by atoms with Crippen LogP contribution in [0.4, 0.5) is 22.0 Å². The number of anilines is 3. The lowest BCUT2D eigenvalue weighted by Crippen LogP contribution is -2.19. The van der Waals surface area contributed by atoms with E-state index in [1.807, 2.05) is 10.8 Å². The third kappa shape index (κ3) is 4.01. The molecule has 1 aliphatic carbocycles. The van der Waals surface area contributed by atoms with Gasteiger partial charge in [-0.1, -0.05) is 35.9 Å². The highest BCUT2D eigenvalue weighted by Crippen LogP contribution is 2.37. The molecule has 8 nitrogen and oxygen atoms in total. The van der Waals surface area contributed by atoms with Gasteiger partial charge in [0.2, 0.25) is 0 Å². The Kier molecular flexibility index (Phi) is 5.43. The summed E-state index contributed by atoms with van der Waals surface area (Å²) in [6, 6.07) is 13.5. The van der Waals surface area contributed by atoms with E-state index in [0.29, 0.717) is 44.6 Å². The number of ketones is 1. The number of nitrogens with zero attached hydrogens (tertiary/aromatic N) is 3. The third-order valence-electron chi connectivity index (χ3n) is 5.86. The summed E-state index contributed by atoms with van der Waals surface area (Å²) < 4.78 is 2.03. The van der Waals surface area contributed by atoms with Gasteiger partial charge < -0.3 is 20.9 Å². The number of rotatable bonds is 5. The summed E-state index contributed by atoms with van der Waals surface area (Å²) in [6.45, 7) is 0. The second-order valence-electron chi connectivity index (χ2n) is 7.96. The van der Waals surface area contributed by atoms with Crippen molar-refractivity contribution < 1.29 is 9.59 Å². The molecule has 4 aromatic rings. The molecule has 2 heterocycles. The van der Waals surface area contributed by atoms with Gasteiger partial charge in [0.25, 0.3) is 0 Å². The highest BCUT2D eigenvalue weighted by molar-refractivity contribution is 6.33. The van der Waals surface area contributed by atoms with E-state index >= 15 is 0 Å². The van der Waals surface area contributed by atoms with Gasteiger partial charge in [-0.05, 0) is 43.5 Å². The van der Waals surface area contributed by atoms with Crippen LogP contribution in [-0.4, -0.2) is 26.3 Å². The summed E-state index contributed by atoms with van der Waals surface area (Å²) in [5, 5.41) is 6.42. The lowest BCUT2D eigenvalue weighted by Gasteiger charge is -2.27. The number of benzene rings is 2. The van der Waals surface area contributed by atoms with E-state index in [4.69, 9.17) is 17.3 Å². The number of nitrogens with two attached hydrogens (primary N) is 1. The number of carbonyl (C=O) groups excluding carboxylic acids is 2. The topological polar surface area (TPSA) is 115 Å². The standard InChI is InChI=1S/C24H21ClN6O2/c25-18-9-1-2-10-19(18)30-24(33)29-15-6-3-5-14(11-15)21(32)17-12-31(16-7-4-8-16)23-20(17)22(26)27-13-28-23/h1-3,5-6,9-13,16H,4,7-8H2,(H2,26,27,28)(H2,29,30,33). The van der Waals surface area contributed by atoms with E-state index in [1.165, 1.54) is 6.33 Å². The summed E-state index contributed by atoms with van der Waals surface area (Å²) in [6.07, 6.45) is 6.48. The fourth-order valence-electron chi connectivity index (χ4n) is 3.96. The van der Waals surface area contributed by atoms with Gasteiger partial charge in [0.05, 0.1) is 21.7 Å². The lowest BCUT2D eigenvalue weighted by atomic mass is 9.93. The third-order valence-corrected chi connectivity index (χ3v) is 6.19. The average Bonchev–Trinajstić information content (AvgIpc) is 3.14. The number of hydrogen-bond acceptors (Lipinski definition) is 5. The van der Waals surface area contributed by atoms with E-state index < -0.39 is 6.03 Å². The molecule has 4 N–H and O–H groups in total. The van der Waals surface area contributed by atoms with E-state index in [9.17, 15) is 9.59 Å². The van der Waals surface area contributed by atoms with Gasteiger partial charge in [0, 0.05) is 23.5 Å². The zero-order valence-electron chi connectivity index (χ0n) is 17.6. The summed E-state index contributed by atoms with van der Waals surface area (Å²) in [4.78, 5) is 34.4. The Labute approximate surface area is 194 Å². The Hall–Kier alpha value is -3.91. The van der Waals surface area contributed by atoms with Gasteiger partial charge in [-0.3, -0.25) is 4.79 Å². The zero-order valence-corrected chi connectivity index (χ0v) is 18.3. The van der Waals surface area contributed by atoms with Crippen LogP contribution >= 0.6 is 11.6 Å². The molecule has 0 spiro atoms. The van der Waals surface area contributed by atoms with Gasteiger partial charge in [-0.2, -0.15) is 0 Å². The van der Waals surface area contributed by atoms with Crippen molar-refractivity contribution in [1.29, 1.82) is 0 Å². The van der Waals surface area contributed by atoms with Crippen molar-refractivity contribution >= 4 is 51.6 Å². The maximum absolute atomic E-state index is 13.5. The molecule has 2 aromatic carbocycles. The molecule has 2 amide bonds. The summed E-state index contributed by atoms with van der Waals surface area (Å²) in [5.74, 6) is 0.0598. The number of urea groups is 1. The van der Waals surface area contributed by atoms with Crippen LogP contribution in [0.25, 0.3) is 11.0 Å². The number of carbonyl (C=O) groups is 2. The fourth-order valence-corrected chi connectivity index (χ4v) is 4.15. The predicted octanol–water partition coefficient (Wildman–Crippen LogP) is 5.27. The van der Waals surface area contributed by atoms with Crippen molar-refractivity contribution in [3.05, 3.63) is 77.2 Å². The van der Waals surface area contributed by atoms with Crippen LogP contribution in [0.5, 0.6) is 0 Å². The Morgan fingerprint density at radius 3 is 2.64 bits per heavy atom. The number of halogens is 1. The summed E-state index contributed by atoms with van der Waals surface area (Å²) in [7, 11) is 0. The molecule has 1 fully saturated rings. The molecular formula is C24H21ClN6O2. The van der Waals surface area contributed by atoms with Crippen molar-refractivity contribution in [1.82, 2.24) is 14.5 Å². The van der Waals surface area contributed by atoms with Crippen LogP contribution in [0.3, 0.4) is 0 Å². The van der Waals surface area contributed by atoms with Crippen LogP contribution in [0.1, 0.15) is 41.2 Å². The minimum Gasteiger partial charge on any atom is -0.383 e. The van der Waals surface area contributed by atoms with Gasteiger partial charge in [-0.15, -0.1) is 0 Å². The first-order valence-corrected chi connectivity index (χ1v) is 11.0. The van der Waals surface area contributed by atoms with E-state index in [-0.39, 0.29) is 11.6 Å². The van der Waals surface area contributed by atoms with Gasteiger partial charge in [0.15, 0.2) is 5.78 Å². The van der Waals surface area contributed by atoms with Crippen LogP contribution in [0.15, 0.2) is 61.1 Å². The van der Waals surface area contributed by atoms with Gasteiger partial charge in [0.1, 0.15) is 17.8 Å². The molecule has 166 valence electrons. The predicted molar refractivity (Wildman–Crippen MR) is 129 cm³/mol. The second-order valence-corrected chi connectivity index (χ2v) is 8.37. The molecule has 0 saturated heterocycles. The molecule has 0 unspecified atom stereocenters. The maximum Gasteiger partial charge on any atom is 0.323 e. The maximum atomic E-state index is 13.5. The molecule has 0 atom stereocenters. The molecule has 5 rings (SSSR count). The molecule has 0 aliphatic heterocycles. The summed E-state index contributed by atoms with van der Waals surface area (Å²) in [5.41, 5.74) is 8.63.